The van der Waals surface area contributed by atoms with Crippen molar-refractivity contribution in [2.24, 2.45) is 5.92 Å². The summed E-state index contributed by atoms with van der Waals surface area (Å²) in [5, 5.41) is 31.7. The second-order valence-corrected chi connectivity index (χ2v) is 12.7. The molecule has 1 aliphatic heterocycles. The lowest BCUT2D eigenvalue weighted by Crippen LogP contribution is -2.54. The third-order valence-corrected chi connectivity index (χ3v) is 9.04. The molecule has 1 saturated heterocycles. The van der Waals surface area contributed by atoms with Gasteiger partial charge in [0.25, 0.3) is 0 Å². The number of nitrogens with one attached hydrogen (secondary N) is 2. The Labute approximate surface area is 260 Å². The minimum absolute atomic E-state index is 0.0403. The summed E-state index contributed by atoms with van der Waals surface area (Å²) in [6.07, 6.45) is -1.81. The summed E-state index contributed by atoms with van der Waals surface area (Å²) in [6.45, 7) is 9.78. The number of nitrogen functional groups attached to an aromatic ring is 1. The Morgan fingerprint density at radius 3 is 2.22 bits per heavy atom. The van der Waals surface area contributed by atoms with E-state index in [1.54, 1.807) is 27.7 Å². The van der Waals surface area contributed by atoms with E-state index in [1.807, 2.05) is 6.07 Å². The SMILES string of the molecule is CCOC(=O)[C@H](C)NP(=O)(N[C@@H](C)C(=O)OCC)OC[C@H]1O[C@@](C#N)(c2ccc3c(N)ncnn23)[C@](C)(O)[C@@H]1OC(=O)C(C)C. The van der Waals surface area contributed by atoms with Crippen LogP contribution in [-0.2, 0) is 48.0 Å². The van der Waals surface area contributed by atoms with Crippen molar-refractivity contribution in [3.8, 4) is 6.07 Å². The third kappa shape index (κ3) is 7.27. The van der Waals surface area contributed by atoms with Crippen LogP contribution in [0.2, 0.25) is 0 Å². The molecule has 5 N–H and O–H groups in total. The monoisotopic (exact) mass is 653 g/mol. The van der Waals surface area contributed by atoms with Crippen molar-refractivity contribution in [2.45, 2.75) is 84.0 Å². The topological polar surface area (TPSA) is 239 Å². The molecule has 3 heterocycles. The molecule has 0 bridgehead atoms. The van der Waals surface area contributed by atoms with Gasteiger partial charge in [-0.3, -0.25) is 18.9 Å². The number of rotatable bonds is 14. The summed E-state index contributed by atoms with van der Waals surface area (Å²) >= 11 is 0. The Balaban J connectivity index is 2.04. The van der Waals surface area contributed by atoms with Crippen molar-refractivity contribution in [3.05, 3.63) is 24.2 Å². The van der Waals surface area contributed by atoms with Crippen molar-refractivity contribution < 1.29 is 47.5 Å². The molecular formula is C27H40N7O10P. The van der Waals surface area contributed by atoms with Crippen LogP contribution >= 0.6 is 7.67 Å². The lowest BCUT2D eigenvalue weighted by Gasteiger charge is -2.34. The highest BCUT2D eigenvalue weighted by Gasteiger charge is 2.67. The van der Waals surface area contributed by atoms with Crippen LogP contribution in [0.25, 0.3) is 5.52 Å². The first-order chi connectivity index (χ1) is 21.1. The zero-order valence-corrected chi connectivity index (χ0v) is 27.1. The number of nitrogens with zero attached hydrogens (tertiary/aromatic N) is 4. The normalized spacial score (nSPS) is 24.6. The number of aliphatic hydroxyl groups is 1. The Bertz CT molecular complexity index is 1460. The molecule has 0 saturated carbocycles. The molecule has 248 valence electrons. The van der Waals surface area contributed by atoms with Crippen LogP contribution in [0, 0.1) is 17.2 Å². The highest BCUT2D eigenvalue weighted by molar-refractivity contribution is 7.54. The average molecular weight is 654 g/mol. The summed E-state index contributed by atoms with van der Waals surface area (Å²) in [7, 11) is -4.35. The van der Waals surface area contributed by atoms with Crippen LogP contribution in [0.4, 0.5) is 5.82 Å². The number of aromatic nitrogens is 3. The number of esters is 3. The fourth-order valence-electron chi connectivity index (χ4n) is 4.72. The Morgan fingerprint density at radius 1 is 1.13 bits per heavy atom. The van der Waals surface area contributed by atoms with E-state index in [9.17, 15) is 29.3 Å². The summed E-state index contributed by atoms with van der Waals surface area (Å²) in [5.74, 6) is -2.76. The van der Waals surface area contributed by atoms with Gasteiger partial charge in [0.15, 0.2) is 11.9 Å². The van der Waals surface area contributed by atoms with Gasteiger partial charge in [0.05, 0.1) is 31.4 Å². The second-order valence-electron chi connectivity index (χ2n) is 10.8. The first kappa shape index (κ1) is 35.8. The quantitative estimate of drug-likeness (QED) is 0.126. The molecule has 0 unspecified atom stereocenters. The van der Waals surface area contributed by atoms with Crippen molar-refractivity contribution in [1.29, 1.82) is 5.26 Å². The molecule has 2 aromatic heterocycles. The molecule has 1 fully saturated rings. The third-order valence-electron chi connectivity index (χ3n) is 7.08. The Morgan fingerprint density at radius 2 is 1.71 bits per heavy atom. The molecule has 0 spiro atoms. The van der Waals surface area contributed by atoms with Gasteiger partial charge in [0.1, 0.15) is 41.7 Å². The fourth-order valence-corrected chi connectivity index (χ4v) is 6.53. The van der Waals surface area contributed by atoms with Crippen LogP contribution in [0.15, 0.2) is 18.5 Å². The Kier molecular flexibility index (Phi) is 11.3. The molecule has 0 aliphatic carbocycles. The molecule has 0 aromatic carbocycles. The number of nitrogens with two attached hydrogens (primary N) is 1. The van der Waals surface area contributed by atoms with Crippen LogP contribution in [0.3, 0.4) is 0 Å². The summed E-state index contributed by atoms with van der Waals surface area (Å²) < 4.78 is 42.9. The maximum absolute atomic E-state index is 14.1. The van der Waals surface area contributed by atoms with E-state index in [0.717, 1.165) is 6.33 Å². The van der Waals surface area contributed by atoms with E-state index in [4.69, 9.17) is 29.2 Å². The molecule has 2 aromatic rings. The fraction of sp³-hybridized carbons (Fsp3) is 0.630. The van der Waals surface area contributed by atoms with E-state index >= 15 is 0 Å². The standard InChI is InChI=1S/C27H40N7O10P/c1-8-40-24(36)16(5)32-45(39,33-17(6)25(37)41-9-2)42-12-19-21(43-23(35)15(3)4)26(7,38)27(13-28,44-19)20-11-10-18-22(29)30-14-31-34(18)20/h10-11,14-17,19,21,38H,8-9,12H2,1-7H3,(H2,29,30,31)(H2,32,33,39)/t16-,17-,19+,21+,26+,27-/m0/s1. The highest BCUT2D eigenvalue weighted by atomic mass is 31.2. The number of hydrogen-bond acceptors (Lipinski definition) is 14. The molecule has 1 aliphatic rings. The molecule has 3 rings (SSSR count). The van der Waals surface area contributed by atoms with E-state index < -0.39 is 73.6 Å². The maximum Gasteiger partial charge on any atom is 0.342 e. The molecule has 45 heavy (non-hydrogen) atoms. The highest BCUT2D eigenvalue weighted by Crippen LogP contribution is 2.50. The van der Waals surface area contributed by atoms with Gasteiger partial charge in [-0.1, -0.05) is 13.8 Å². The molecule has 6 atom stereocenters. The number of carbonyl (C=O) groups is 3. The first-order valence-electron chi connectivity index (χ1n) is 14.3. The number of nitriles is 1. The predicted octanol–water partition coefficient (Wildman–Crippen LogP) is 0.955. The molecule has 18 heteroatoms. The lowest BCUT2D eigenvalue weighted by atomic mass is 9.80. The van der Waals surface area contributed by atoms with Gasteiger partial charge < -0.3 is 34.3 Å². The van der Waals surface area contributed by atoms with Gasteiger partial charge in [-0.15, -0.1) is 0 Å². The number of hydrogen-bond donors (Lipinski definition) is 4. The van der Waals surface area contributed by atoms with E-state index in [1.165, 1.54) is 37.4 Å². The average Bonchev–Trinajstić information content (AvgIpc) is 3.50. The zero-order valence-electron chi connectivity index (χ0n) is 26.2. The number of fused-ring (bicyclic) bond motifs is 1. The second kappa shape index (κ2) is 14.2. The Hall–Kier alpha value is -3.65. The summed E-state index contributed by atoms with van der Waals surface area (Å²) in [6, 6.07) is 2.64. The van der Waals surface area contributed by atoms with E-state index in [0.29, 0.717) is 5.52 Å². The van der Waals surface area contributed by atoms with Crippen LogP contribution in [-0.4, -0.2) is 87.3 Å². The van der Waals surface area contributed by atoms with Crippen molar-refractivity contribution in [2.75, 3.05) is 25.6 Å². The van der Waals surface area contributed by atoms with E-state index in [2.05, 4.69) is 20.3 Å². The van der Waals surface area contributed by atoms with Crippen LogP contribution < -0.4 is 15.9 Å². The largest absolute Gasteiger partial charge is 0.465 e. The lowest BCUT2D eigenvalue weighted by molar-refractivity contribution is -0.168. The molecule has 0 amide bonds. The van der Waals surface area contributed by atoms with Crippen molar-refractivity contribution >= 4 is 36.9 Å². The number of anilines is 1. The number of carbonyl (C=O) groups excluding carboxylic acids is 3. The molecular weight excluding hydrogens is 613 g/mol. The van der Waals surface area contributed by atoms with Gasteiger partial charge in [-0.25, -0.2) is 19.7 Å². The van der Waals surface area contributed by atoms with E-state index in [-0.39, 0.29) is 24.7 Å². The first-order valence-corrected chi connectivity index (χ1v) is 15.9. The summed E-state index contributed by atoms with van der Waals surface area (Å²) in [5.41, 5.74) is 1.86. The van der Waals surface area contributed by atoms with Crippen molar-refractivity contribution in [3.63, 3.8) is 0 Å². The zero-order chi connectivity index (χ0) is 33.7. The smallest absolute Gasteiger partial charge is 0.342 e. The van der Waals surface area contributed by atoms with Gasteiger partial charge in [0.2, 0.25) is 5.60 Å². The predicted molar refractivity (Wildman–Crippen MR) is 157 cm³/mol. The van der Waals surface area contributed by atoms with Gasteiger partial charge in [-0.05, 0) is 46.8 Å². The van der Waals surface area contributed by atoms with Crippen LogP contribution in [0.5, 0.6) is 0 Å². The minimum Gasteiger partial charge on any atom is -0.465 e. The molecule has 0 radical (unpaired) electrons. The molecule has 17 nitrogen and oxygen atoms in total. The number of ether oxygens (including phenoxy) is 4. The minimum atomic E-state index is -4.35. The summed E-state index contributed by atoms with van der Waals surface area (Å²) in [4.78, 5) is 41.5. The van der Waals surface area contributed by atoms with Crippen LogP contribution in [0.1, 0.15) is 54.2 Å². The van der Waals surface area contributed by atoms with Gasteiger partial charge >= 0.3 is 25.6 Å². The van der Waals surface area contributed by atoms with Gasteiger partial charge in [0, 0.05) is 0 Å². The maximum atomic E-state index is 14.1. The van der Waals surface area contributed by atoms with Crippen molar-refractivity contribution in [1.82, 2.24) is 24.8 Å². The van der Waals surface area contributed by atoms with Gasteiger partial charge in [-0.2, -0.15) is 10.4 Å².